The first kappa shape index (κ1) is 20.5. The molecule has 5 heteroatoms. The summed E-state index contributed by atoms with van der Waals surface area (Å²) in [4.78, 5) is 1.37. The van der Waals surface area contributed by atoms with E-state index < -0.39 is 10.1 Å². The van der Waals surface area contributed by atoms with E-state index in [0.717, 1.165) is 19.1 Å². The zero-order chi connectivity index (χ0) is 16.8. The average molecular weight is 359 g/mol. The second-order valence-electron chi connectivity index (χ2n) is 5.87. The van der Waals surface area contributed by atoms with Crippen LogP contribution in [0.5, 0.6) is 0 Å². The van der Waals surface area contributed by atoms with Gasteiger partial charge in [0.1, 0.15) is 0 Å². The molecule has 0 N–H and O–H groups in total. The van der Waals surface area contributed by atoms with E-state index in [4.69, 9.17) is 4.18 Å². The molecule has 0 aromatic heterocycles. The van der Waals surface area contributed by atoms with Crippen LogP contribution in [0.3, 0.4) is 0 Å². The molecule has 23 heavy (non-hydrogen) atoms. The lowest BCUT2D eigenvalue weighted by Gasteiger charge is -2.03. The number of hydrogen-bond acceptors (Lipinski definition) is 4. The lowest BCUT2D eigenvalue weighted by Crippen LogP contribution is -2.03. The Kier molecular flexibility index (Phi) is 11.5. The van der Waals surface area contributed by atoms with Crippen molar-refractivity contribution in [2.75, 3.05) is 18.6 Å². The highest BCUT2D eigenvalue weighted by Crippen LogP contribution is 2.19. The summed E-state index contributed by atoms with van der Waals surface area (Å²) in [5, 5.41) is 0. The standard InChI is InChI=1S/C18H30O3S2/c1-23(19,20)21-16-12-7-5-3-2-4-6-8-13-17-22-18-14-10-9-11-15-18/h9-11,14-15H,2-8,12-13,16-17H2,1H3. The topological polar surface area (TPSA) is 43.4 Å². The highest BCUT2D eigenvalue weighted by atomic mass is 32.2. The van der Waals surface area contributed by atoms with E-state index in [-0.39, 0.29) is 0 Å². The van der Waals surface area contributed by atoms with Crippen LogP contribution in [0.25, 0.3) is 0 Å². The van der Waals surface area contributed by atoms with Crippen molar-refractivity contribution in [3.05, 3.63) is 30.3 Å². The zero-order valence-electron chi connectivity index (χ0n) is 14.2. The van der Waals surface area contributed by atoms with E-state index in [1.54, 1.807) is 0 Å². The molecule has 0 spiro atoms. The van der Waals surface area contributed by atoms with Gasteiger partial charge in [-0.25, -0.2) is 0 Å². The van der Waals surface area contributed by atoms with E-state index in [2.05, 4.69) is 30.3 Å². The van der Waals surface area contributed by atoms with Crippen LogP contribution in [0.1, 0.15) is 57.8 Å². The monoisotopic (exact) mass is 358 g/mol. The molecule has 1 rings (SSSR count). The molecule has 0 saturated heterocycles. The predicted molar refractivity (Wildman–Crippen MR) is 99.5 cm³/mol. The predicted octanol–water partition coefficient (Wildman–Crippen LogP) is 5.27. The molecule has 0 aliphatic carbocycles. The molecule has 0 radical (unpaired) electrons. The molecule has 1 aromatic rings. The SMILES string of the molecule is CS(=O)(=O)OCCCCCCCCCCCSc1ccccc1. The number of thioether (sulfide) groups is 1. The fourth-order valence-electron chi connectivity index (χ4n) is 2.36. The molecule has 0 heterocycles. The molecule has 132 valence electrons. The molecule has 0 saturated carbocycles. The van der Waals surface area contributed by atoms with Gasteiger partial charge in [0, 0.05) is 4.90 Å². The van der Waals surface area contributed by atoms with E-state index in [1.807, 2.05) is 11.8 Å². The van der Waals surface area contributed by atoms with Crippen LogP contribution in [-0.2, 0) is 14.3 Å². The van der Waals surface area contributed by atoms with Crippen LogP contribution in [-0.4, -0.2) is 27.0 Å². The Labute approximate surface area is 146 Å². The quantitative estimate of drug-likeness (QED) is 0.258. The molecule has 1 aromatic carbocycles. The maximum absolute atomic E-state index is 10.8. The maximum atomic E-state index is 10.8. The first-order valence-corrected chi connectivity index (χ1v) is 11.4. The fourth-order valence-corrected chi connectivity index (χ4v) is 3.71. The third-order valence-electron chi connectivity index (χ3n) is 3.60. The Morgan fingerprint density at radius 1 is 0.826 bits per heavy atom. The Bertz CT molecular complexity index is 486. The van der Waals surface area contributed by atoms with Crippen LogP contribution < -0.4 is 0 Å². The number of unbranched alkanes of at least 4 members (excludes halogenated alkanes) is 8. The molecular formula is C18H30O3S2. The molecule has 3 nitrogen and oxygen atoms in total. The minimum absolute atomic E-state index is 0.331. The lowest BCUT2D eigenvalue weighted by atomic mass is 10.1. The van der Waals surface area contributed by atoms with Crippen molar-refractivity contribution in [3.8, 4) is 0 Å². The molecule has 0 amide bonds. The minimum Gasteiger partial charge on any atom is -0.270 e. The smallest absolute Gasteiger partial charge is 0.264 e. The second-order valence-corrected chi connectivity index (χ2v) is 8.68. The van der Waals surface area contributed by atoms with Crippen LogP contribution in [0.2, 0.25) is 0 Å². The number of benzene rings is 1. The lowest BCUT2D eigenvalue weighted by molar-refractivity contribution is 0.309. The largest absolute Gasteiger partial charge is 0.270 e. The van der Waals surface area contributed by atoms with Gasteiger partial charge in [-0.2, -0.15) is 8.42 Å². The molecule has 0 atom stereocenters. The Morgan fingerprint density at radius 3 is 1.91 bits per heavy atom. The van der Waals surface area contributed by atoms with E-state index in [9.17, 15) is 8.42 Å². The van der Waals surface area contributed by atoms with Gasteiger partial charge in [-0.1, -0.05) is 63.1 Å². The number of hydrogen-bond donors (Lipinski definition) is 0. The third-order valence-corrected chi connectivity index (χ3v) is 5.29. The molecule has 0 bridgehead atoms. The second kappa shape index (κ2) is 12.8. The summed E-state index contributed by atoms with van der Waals surface area (Å²) in [6, 6.07) is 10.6. The molecule has 0 aliphatic heterocycles. The first-order chi connectivity index (χ1) is 11.1. The van der Waals surface area contributed by atoms with Crippen LogP contribution in [0.4, 0.5) is 0 Å². The highest BCUT2D eigenvalue weighted by molar-refractivity contribution is 7.99. The van der Waals surface area contributed by atoms with Gasteiger partial charge in [0.15, 0.2) is 0 Å². The summed E-state index contributed by atoms with van der Waals surface area (Å²) >= 11 is 1.95. The Balaban J connectivity index is 1.78. The van der Waals surface area contributed by atoms with Gasteiger partial charge in [0.2, 0.25) is 0 Å². The molecule has 0 fully saturated rings. The first-order valence-electron chi connectivity index (χ1n) is 8.60. The zero-order valence-corrected chi connectivity index (χ0v) is 15.8. The van der Waals surface area contributed by atoms with Gasteiger partial charge in [-0.05, 0) is 30.7 Å². The third kappa shape index (κ3) is 13.6. The highest BCUT2D eigenvalue weighted by Gasteiger charge is 2.00. The summed E-state index contributed by atoms with van der Waals surface area (Å²) in [7, 11) is -3.26. The summed E-state index contributed by atoms with van der Waals surface area (Å²) in [5.41, 5.74) is 0. The van der Waals surface area contributed by atoms with Gasteiger partial charge in [-0.15, -0.1) is 11.8 Å². The summed E-state index contributed by atoms with van der Waals surface area (Å²) < 4.78 is 26.3. The van der Waals surface area contributed by atoms with Crippen molar-refractivity contribution < 1.29 is 12.6 Å². The van der Waals surface area contributed by atoms with Gasteiger partial charge in [0.05, 0.1) is 12.9 Å². The summed E-state index contributed by atoms with van der Waals surface area (Å²) in [6.45, 7) is 0.331. The van der Waals surface area contributed by atoms with Crippen molar-refractivity contribution in [1.82, 2.24) is 0 Å². The van der Waals surface area contributed by atoms with Gasteiger partial charge in [-0.3, -0.25) is 4.18 Å². The van der Waals surface area contributed by atoms with Gasteiger partial charge < -0.3 is 0 Å². The van der Waals surface area contributed by atoms with Gasteiger partial charge in [0.25, 0.3) is 10.1 Å². The minimum atomic E-state index is -3.26. The Morgan fingerprint density at radius 2 is 1.35 bits per heavy atom. The Hall–Kier alpha value is -0.520. The normalized spacial score (nSPS) is 11.7. The molecular weight excluding hydrogens is 328 g/mol. The van der Waals surface area contributed by atoms with Crippen molar-refractivity contribution in [2.45, 2.75) is 62.7 Å². The van der Waals surface area contributed by atoms with Crippen molar-refractivity contribution in [1.29, 1.82) is 0 Å². The molecule has 0 unspecified atom stereocenters. The van der Waals surface area contributed by atoms with Crippen LogP contribution in [0, 0.1) is 0 Å². The van der Waals surface area contributed by atoms with E-state index in [0.29, 0.717) is 6.61 Å². The fraction of sp³-hybridized carbons (Fsp3) is 0.667. The van der Waals surface area contributed by atoms with Crippen LogP contribution in [0.15, 0.2) is 35.2 Å². The van der Waals surface area contributed by atoms with E-state index >= 15 is 0 Å². The maximum Gasteiger partial charge on any atom is 0.264 e. The number of rotatable bonds is 14. The summed E-state index contributed by atoms with van der Waals surface area (Å²) in [5.74, 6) is 1.21. The van der Waals surface area contributed by atoms with Crippen molar-refractivity contribution in [3.63, 3.8) is 0 Å². The average Bonchev–Trinajstić information content (AvgIpc) is 2.52. The van der Waals surface area contributed by atoms with Crippen LogP contribution >= 0.6 is 11.8 Å². The van der Waals surface area contributed by atoms with Crippen molar-refractivity contribution >= 4 is 21.9 Å². The van der Waals surface area contributed by atoms with Crippen molar-refractivity contribution in [2.24, 2.45) is 0 Å². The molecule has 0 aliphatic rings. The van der Waals surface area contributed by atoms with Gasteiger partial charge >= 0.3 is 0 Å². The summed E-state index contributed by atoms with van der Waals surface area (Å²) in [6.07, 6.45) is 12.0. The van der Waals surface area contributed by atoms with E-state index in [1.165, 1.54) is 55.6 Å².